The van der Waals surface area contributed by atoms with E-state index in [1.165, 1.54) is 22.8 Å². The summed E-state index contributed by atoms with van der Waals surface area (Å²) < 4.78 is 1.38. The first-order chi connectivity index (χ1) is 6.93. The van der Waals surface area contributed by atoms with E-state index >= 15 is 0 Å². The van der Waals surface area contributed by atoms with Gasteiger partial charge in [-0.1, -0.05) is 0 Å². The summed E-state index contributed by atoms with van der Waals surface area (Å²) in [6.07, 6.45) is 1.36. The molecule has 0 aromatic carbocycles. The van der Waals surface area contributed by atoms with Crippen molar-refractivity contribution in [1.82, 2.24) is 14.7 Å². The Morgan fingerprint density at radius 2 is 2.20 bits per heavy atom. The molecule has 1 aromatic heterocycles. The Kier molecular flexibility index (Phi) is 2.93. The Labute approximate surface area is 86.6 Å². The third kappa shape index (κ3) is 2.25. The predicted molar refractivity (Wildman–Crippen MR) is 53.8 cm³/mol. The number of nitrogens with zero attached hydrogens (tertiary/aromatic N) is 3. The van der Waals surface area contributed by atoms with Gasteiger partial charge in [-0.25, -0.2) is 0 Å². The number of hydrogen-bond acceptors (Lipinski definition) is 4. The van der Waals surface area contributed by atoms with Crippen LogP contribution in [0.4, 0.5) is 5.82 Å². The number of carbonyl (C=O) groups excluding carboxylic acids is 2. The summed E-state index contributed by atoms with van der Waals surface area (Å²) in [5.41, 5.74) is 10.8. The highest BCUT2D eigenvalue weighted by Gasteiger charge is 2.18. The summed E-state index contributed by atoms with van der Waals surface area (Å²) in [5, 5.41) is 3.83. The molecular weight excluding hydrogens is 198 g/mol. The second-order valence-electron chi connectivity index (χ2n) is 3.19. The number of aryl methyl sites for hydroxylation is 1. The van der Waals surface area contributed by atoms with E-state index in [4.69, 9.17) is 11.5 Å². The van der Waals surface area contributed by atoms with Gasteiger partial charge in [-0.2, -0.15) is 5.10 Å². The fourth-order valence-corrected chi connectivity index (χ4v) is 1.12. The minimum atomic E-state index is -0.576. The monoisotopic (exact) mass is 211 g/mol. The number of aromatic nitrogens is 2. The molecule has 0 saturated carbocycles. The van der Waals surface area contributed by atoms with Crippen molar-refractivity contribution in [2.45, 2.75) is 0 Å². The van der Waals surface area contributed by atoms with Gasteiger partial charge in [0.15, 0.2) is 0 Å². The number of nitrogen functional groups attached to an aromatic ring is 1. The maximum Gasteiger partial charge on any atom is 0.259 e. The normalized spacial score (nSPS) is 10.0. The van der Waals surface area contributed by atoms with E-state index in [1.54, 1.807) is 7.05 Å². The van der Waals surface area contributed by atoms with Crippen molar-refractivity contribution < 1.29 is 9.59 Å². The molecule has 0 atom stereocenters. The Morgan fingerprint density at radius 3 is 2.60 bits per heavy atom. The van der Waals surface area contributed by atoms with E-state index in [0.29, 0.717) is 0 Å². The van der Waals surface area contributed by atoms with Gasteiger partial charge in [0, 0.05) is 14.1 Å². The molecule has 7 heteroatoms. The first-order valence-corrected chi connectivity index (χ1v) is 4.24. The van der Waals surface area contributed by atoms with E-state index in [-0.39, 0.29) is 23.8 Å². The highest BCUT2D eigenvalue weighted by molar-refractivity contribution is 5.99. The van der Waals surface area contributed by atoms with Gasteiger partial charge in [-0.05, 0) is 0 Å². The maximum atomic E-state index is 11.7. The van der Waals surface area contributed by atoms with Gasteiger partial charge in [-0.15, -0.1) is 0 Å². The second-order valence-corrected chi connectivity index (χ2v) is 3.19. The number of hydrogen-bond donors (Lipinski definition) is 2. The Morgan fingerprint density at radius 1 is 1.60 bits per heavy atom. The van der Waals surface area contributed by atoms with E-state index in [0.717, 1.165) is 0 Å². The summed E-state index contributed by atoms with van der Waals surface area (Å²) in [7, 11) is 3.10. The molecule has 15 heavy (non-hydrogen) atoms. The second kappa shape index (κ2) is 3.99. The summed E-state index contributed by atoms with van der Waals surface area (Å²) in [6, 6.07) is 0. The summed E-state index contributed by atoms with van der Waals surface area (Å²) in [4.78, 5) is 23.5. The third-order valence-corrected chi connectivity index (χ3v) is 1.95. The van der Waals surface area contributed by atoms with Crippen molar-refractivity contribution in [3.63, 3.8) is 0 Å². The lowest BCUT2D eigenvalue weighted by Crippen LogP contribution is -2.35. The number of nitrogens with two attached hydrogens (primary N) is 2. The van der Waals surface area contributed by atoms with Gasteiger partial charge in [0.2, 0.25) is 5.91 Å². The molecule has 1 rings (SSSR count). The van der Waals surface area contributed by atoms with E-state index < -0.39 is 5.91 Å². The van der Waals surface area contributed by atoms with Crippen LogP contribution >= 0.6 is 0 Å². The predicted octanol–water partition coefficient (Wildman–Crippen LogP) is -1.44. The summed E-state index contributed by atoms with van der Waals surface area (Å²) in [6.45, 7) is -0.146. The number of rotatable bonds is 3. The topological polar surface area (TPSA) is 107 Å². The molecule has 0 unspecified atom stereocenters. The molecule has 2 amide bonds. The van der Waals surface area contributed by atoms with Crippen LogP contribution in [0.1, 0.15) is 10.4 Å². The first kappa shape index (κ1) is 11.0. The molecule has 0 radical (unpaired) electrons. The van der Waals surface area contributed by atoms with E-state index in [1.807, 2.05) is 0 Å². The quantitative estimate of drug-likeness (QED) is 0.638. The third-order valence-electron chi connectivity index (χ3n) is 1.95. The molecule has 1 heterocycles. The molecule has 4 N–H and O–H groups in total. The number of anilines is 1. The number of likely N-dealkylation sites (N-methyl/N-ethyl adjacent to an activating group) is 1. The zero-order chi connectivity index (χ0) is 11.6. The Hall–Kier alpha value is -2.05. The SMILES string of the molecule is CN(CC(N)=O)C(=O)c1cnn(C)c1N. The van der Waals surface area contributed by atoms with Gasteiger partial charge in [0.1, 0.15) is 11.4 Å². The number of primary amides is 1. The molecular formula is C8H13N5O2. The van der Waals surface area contributed by atoms with Gasteiger partial charge in [0.25, 0.3) is 5.91 Å². The maximum absolute atomic E-state index is 11.7. The van der Waals surface area contributed by atoms with Crippen molar-refractivity contribution >= 4 is 17.6 Å². The fourth-order valence-electron chi connectivity index (χ4n) is 1.12. The summed E-state index contributed by atoms with van der Waals surface area (Å²) >= 11 is 0. The van der Waals surface area contributed by atoms with Crippen LogP contribution < -0.4 is 11.5 Å². The van der Waals surface area contributed by atoms with Crippen LogP contribution in [0.25, 0.3) is 0 Å². The fraction of sp³-hybridized carbons (Fsp3) is 0.375. The van der Waals surface area contributed by atoms with Crippen molar-refractivity contribution in [2.75, 3.05) is 19.3 Å². The lowest BCUT2D eigenvalue weighted by Gasteiger charge is -2.14. The highest BCUT2D eigenvalue weighted by atomic mass is 16.2. The largest absolute Gasteiger partial charge is 0.383 e. The smallest absolute Gasteiger partial charge is 0.259 e. The van der Waals surface area contributed by atoms with E-state index in [9.17, 15) is 9.59 Å². The van der Waals surface area contributed by atoms with Gasteiger partial charge >= 0.3 is 0 Å². The molecule has 0 aliphatic heterocycles. The lowest BCUT2D eigenvalue weighted by atomic mass is 10.3. The summed E-state index contributed by atoms with van der Waals surface area (Å²) in [5.74, 6) is -0.691. The van der Waals surface area contributed by atoms with Crippen molar-refractivity contribution in [2.24, 2.45) is 12.8 Å². The average Bonchev–Trinajstić information content (AvgIpc) is 2.45. The Bertz CT molecular complexity index is 398. The zero-order valence-electron chi connectivity index (χ0n) is 8.60. The van der Waals surface area contributed by atoms with Crippen LogP contribution in [-0.4, -0.2) is 40.1 Å². The molecule has 0 saturated heterocycles. The molecule has 0 bridgehead atoms. The van der Waals surface area contributed by atoms with Crippen LogP contribution in [0, 0.1) is 0 Å². The molecule has 0 aliphatic carbocycles. The van der Waals surface area contributed by atoms with Gasteiger partial charge in [-0.3, -0.25) is 14.3 Å². The Balaban J connectivity index is 2.85. The van der Waals surface area contributed by atoms with Gasteiger partial charge in [0.05, 0.1) is 12.7 Å². The molecule has 1 aromatic rings. The molecule has 82 valence electrons. The minimum Gasteiger partial charge on any atom is -0.383 e. The van der Waals surface area contributed by atoms with Crippen molar-refractivity contribution in [1.29, 1.82) is 0 Å². The van der Waals surface area contributed by atoms with Crippen molar-refractivity contribution in [3.8, 4) is 0 Å². The molecule has 7 nitrogen and oxygen atoms in total. The molecule has 0 spiro atoms. The molecule has 0 aliphatic rings. The average molecular weight is 211 g/mol. The standard InChI is InChI=1S/C8H13N5O2/c1-12(4-6(9)14)8(15)5-3-11-13(2)7(5)10/h3H,4,10H2,1-2H3,(H2,9,14). The zero-order valence-corrected chi connectivity index (χ0v) is 8.60. The number of amides is 2. The minimum absolute atomic E-state index is 0.146. The van der Waals surface area contributed by atoms with Crippen LogP contribution in [0.5, 0.6) is 0 Å². The highest BCUT2D eigenvalue weighted by Crippen LogP contribution is 2.11. The first-order valence-electron chi connectivity index (χ1n) is 4.24. The number of carbonyl (C=O) groups is 2. The van der Waals surface area contributed by atoms with Crippen molar-refractivity contribution in [3.05, 3.63) is 11.8 Å². The van der Waals surface area contributed by atoms with Crippen LogP contribution in [-0.2, 0) is 11.8 Å². The van der Waals surface area contributed by atoms with Crippen LogP contribution in [0.3, 0.4) is 0 Å². The van der Waals surface area contributed by atoms with Crippen LogP contribution in [0.2, 0.25) is 0 Å². The van der Waals surface area contributed by atoms with E-state index in [2.05, 4.69) is 5.10 Å². The van der Waals surface area contributed by atoms with Gasteiger partial charge < -0.3 is 16.4 Å². The van der Waals surface area contributed by atoms with Crippen LogP contribution in [0.15, 0.2) is 6.20 Å². The molecule has 0 fully saturated rings. The lowest BCUT2D eigenvalue weighted by molar-refractivity contribution is -0.118.